The first-order chi connectivity index (χ1) is 9.56. The smallest absolute Gasteiger partial charge is 0.307 e. The van der Waals surface area contributed by atoms with E-state index in [1.165, 1.54) is 7.11 Å². The standard InChI is InChI=1S/C14H15NO5/c1-9(20-8-7-12(16)19-2)15-13(17)10-5-3-4-6-11(10)14(15)18/h3-6,9H,7-8H2,1-2H3. The van der Waals surface area contributed by atoms with E-state index in [-0.39, 0.29) is 24.8 Å². The van der Waals surface area contributed by atoms with E-state index < -0.39 is 12.2 Å². The van der Waals surface area contributed by atoms with Gasteiger partial charge >= 0.3 is 5.97 Å². The summed E-state index contributed by atoms with van der Waals surface area (Å²) in [6.45, 7) is 1.68. The second-order valence-electron chi connectivity index (χ2n) is 4.32. The van der Waals surface area contributed by atoms with Crippen molar-refractivity contribution in [3.63, 3.8) is 0 Å². The number of carbonyl (C=O) groups excluding carboxylic acids is 3. The van der Waals surface area contributed by atoms with Crippen LogP contribution in [0.4, 0.5) is 0 Å². The SMILES string of the molecule is COC(=O)CCOC(C)N1C(=O)c2ccccc2C1=O. The topological polar surface area (TPSA) is 72.9 Å². The van der Waals surface area contributed by atoms with E-state index in [2.05, 4.69) is 4.74 Å². The largest absolute Gasteiger partial charge is 0.469 e. The highest BCUT2D eigenvalue weighted by Crippen LogP contribution is 2.24. The molecule has 1 atom stereocenters. The number of esters is 1. The van der Waals surface area contributed by atoms with Gasteiger partial charge in [-0.3, -0.25) is 14.4 Å². The van der Waals surface area contributed by atoms with Gasteiger partial charge in [0.05, 0.1) is 31.3 Å². The maximum atomic E-state index is 12.1. The number of hydrogen-bond donors (Lipinski definition) is 0. The van der Waals surface area contributed by atoms with Gasteiger partial charge in [-0.2, -0.15) is 0 Å². The number of imide groups is 1. The zero-order valence-electron chi connectivity index (χ0n) is 11.3. The lowest BCUT2D eigenvalue weighted by atomic mass is 10.1. The number of nitrogens with zero attached hydrogens (tertiary/aromatic N) is 1. The van der Waals surface area contributed by atoms with Gasteiger partial charge < -0.3 is 9.47 Å². The molecule has 2 amide bonds. The summed E-state index contributed by atoms with van der Waals surface area (Å²) in [6, 6.07) is 6.63. The lowest BCUT2D eigenvalue weighted by molar-refractivity contribution is -0.142. The van der Waals surface area contributed by atoms with E-state index in [1.807, 2.05) is 0 Å². The number of carbonyl (C=O) groups is 3. The summed E-state index contributed by atoms with van der Waals surface area (Å²) in [5.41, 5.74) is 0.752. The molecule has 0 spiro atoms. The van der Waals surface area contributed by atoms with Crippen molar-refractivity contribution in [2.24, 2.45) is 0 Å². The van der Waals surface area contributed by atoms with Crippen molar-refractivity contribution in [2.45, 2.75) is 19.6 Å². The highest BCUT2D eigenvalue weighted by molar-refractivity contribution is 6.21. The van der Waals surface area contributed by atoms with Crippen LogP contribution in [0.15, 0.2) is 24.3 Å². The first-order valence-corrected chi connectivity index (χ1v) is 6.21. The molecule has 2 rings (SSSR count). The Kier molecular flexibility index (Phi) is 4.14. The minimum absolute atomic E-state index is 0.0734. The van der Waals surface area contributed by atoms with E-state index in [1.54, 1.807) is 31.2 Å². The molecule has 106 valence electrons. The number of methoxy groups -OCH3 is 1. The molecule has 0 N–H and O–H groups in total. The molecule has 1 heterocycles. The second-order valence-corrected chi connectivity index (χ2v) is 4.32. The predicted molar refractivity (Wildman–Crippen MR) is 69.0 cm³/mol. The van der Waals surface area contributed by atoms with Crippen molar-refractivity contribution in [1.82, 2.24) is 4.90 Å². The van der Waals surface area contributed by atoms with E-state index in [9.17, 15) is 14.4 Å². The summed E-state index contributed by atoms with van der Waals surface area (Å²) in [4.78, 5) is 36.3. The molecular formula is C14H15NO5. The van der Waals surface area contributed by atoms with Gasteiger partial charge in [-0.25, -0.2) is 4.90 Å². The Labute approximate surface area is 116 Å². The Bertz CT molecular complexity index is 519. The second kappa shape index (κ2) is 5.83. The van der Waals surface area contributed by atoms with Crippen molar-refractivity contribution < 1.29 is 23.9 Å². The molecule has 6 heteroatoms. The van der Waals surface area contributed by atoms with Gasteiger partial charge in [0.2, 0.25) is 0 Å². The molecule has 1 aliphatic rings. The number of benzene rings is 1. The molecule has 0 aromatic heterocycles. The average Bonchev–Trinajstić information content (AvgIpc) is 2.71. The maximum Gasteiger partial charge on any atom is 0.307 e. The van der Waals surface area contributed by atoms with Gasteiger partial charge in [0, 0.05) is 0 Å². The van der Waals surface area contributed by atoms with E-state index in [0.29, 0.717) is 11.1 Å². The van der Waals surface area contributed by atoms with Crippen molar-refractivity contribution in [2.75, 3.05) is 13.7 Å². The number of hydrogen-bond acceptors (Lipinski definition) is 5. The van der Waals surface area contributed by atoms with Crippen LogP contribution in [0.5, 0.6) is 0 Å². The molecule has 1 aliphatic heterocycles. The molecule has 0 fully saturated rings. The minimum Gasteiger partial charge on any atom is -0.469 e. The zero-order valence-corrected chi connectivity index (χ0v) is 11.3. The summed E-state index contributed by atoms with van der Waals surface area (Å²) in [7, 11) is 1.29. The Morgan fingerprint density at radius 3 is 2.25 bits per heavy atom. The molecule has 0 aliphatic carbocycles. The summed E-state index contributed by atoms with van der Waals surface area (Å²) < 4.78 is 9.84. The predicted octanol–water partition coefficient (Wildman–Crippen LogP) is 1.21. The van der Waals surface area contributed by atoms with Gasteiger partial charge in [0.25, 0.3) is 11.8 Å². The first kappa shape index (κ1) is 14.2. The van der Waals surface area contributed by atoms with Gasteiger partial charge in [-0.05, 0) is 19.1 Å². The molecule has 1 unspecified atom stereocenters. The number of ether oxygens (including phenoxy) is 2. The van der Waals surface area contributed by atoms with Crippen molar-refractivity contribution in [3.8, 4) is 0 Å². The summed E-state index contributed by atoms with van der Waals surface area (Å²) >= 11 is 0. The molecule has 0 bridgehead atoms. The fraction of sp³-hybridized carbons (Fsp3) is 0.357. The number of rotatable bonds is 5. The van der Waals surface area contributed by atoms with E-state index >= 15 is 0 Å². The molecular weight excluding hydrogens is 262 g/mol. The Hall–Kier alpha value is -2.21. The van der Waals surface area contributed by atoms with Crippen LogP contribution in [-0.4, -0.2) is 42.6 Å². The Morgan fingerprint density at radius 2 is 1.75 bits per heavy atom. The Balaban J connectivity index is 2.02. The van der Waals surface area contributed by atoms with E-state index in [0.717, 1.165) is 4.90 Å². The van der Waals surface area contributed by atoms with Crippen LogP contribution >= 0.6 is 0 Å². The monoisotopic (exact) mass is 277 g/mol. The van der Waals surface area contributed by atoms with Gasteiger partial charge in [0.1, 0.15) is 6.23 Å². The first-order valence-electron chi connectivity index (χ1n) is 6.21. The zero-order chi connectivity index (χ0) is 14.7. The molecule has 20 heavy (non-hydrogen) atoms. The van der Waals surface area contributed by atoms with Crippen molar-refractivity contribution >= 4 is 17.8 Å². The maximum absolute atomic E-state index is 12.1. The fourth-order valence-electron chi connectivity index (χ4n) is 2.03. The molecule has 1 aromatic rings. The Morgan fingerprint density at radius 1 is 1.20 bits per heavy atom. The van der Waals surface area contributed by atoms with Crippen LogP contribution in [-0.2, 0) is 14.3 Å². The van der Waals surface area contributed by atoms with Gasteiger partial charge in [0.15, 0.2) is 0 Å². The van der Waals surface area contributed by atoms with E-state index in [4.69, 9.17) is 4.74 Å². The van der Waals surface area contributed by atoms with Crippen LogP contribution in [0.2, 0.25) is 0 Å². The number of amides is 2. The van der Waals surface area contributed by atoms with Crippen molar-refractivity contribution in [1.29, 1.82) is 0 Å². The van der Waals surface area contributed by atoms with Crippen LogP contribution in [0.3, 0.4) is 0 Å². The average molecular weight is 277 g/mol. The lowest BCUT2D eigenvalue weighted by Gasteiger charge is -2.22. The van der Waals surface area contributed by atoms with Gasteiger partial charge in [-0.1, -0.05) is 12.1 Å². The molecule has 0 saturated carbocycles. The quantitative estimate of drug-likeness (QED) is 0.597. The lowest BCUT2D eigenvalue weighted by Crippen LogP contribution is -2.40. The summed E-state index contributed by atoms with van der Waals surface area (Å²) in [5, 5.41) is 0. The minimum atomic E-state index is -0.730. The third kappa shape index (κ3) is 2.55. The molecule has 6 nitrogen and oxygen atoms in total. The van der Waals surface area contributed by atoms with Gasteiger partial charge in [-0.15, -0.1) is 0 Å². The van der Waals surface area contributed by atoms with Crippen LogP contribution in [0.1, 0.15) is 34.1 Å². The third-order valence-corrected chi connectivity index (χ3v) is 3.08. The fourth-order valence-corrected chi connectivity index (χ4v) is 2.03. The summed E-state index contributed by atoms with van der Waals surface area (Å²) in [5.74, 6) is -1.16. The molecule has 0 saturated heterocycles. The number of fused-ring (bicyclic) bond motifs is 1. The molecule has 1 aromatic carbocycles. The van der Waals surface area contributed by atoms with Crippen LogP contribution < -0.4 is 0 Å². The highest BCUT2D eigenvalue weighted by atomic mass is 16.5. The highest BCUT2D eigenvalue weighted by Gasteiger charge is 2.38. The van der Waals surface area contributed by atoms with Crippen LogP contribution in [0.25, 0.3) is 0 Å². The van der Waals surface area contributed by atoms with Crippen LogP contribution in [0, 0.1) is 0 Å². The normalized spacial score (nSPS) is 15.2. The van der Waals surface area contributed by atoms with Crippen molar-refractivity contribution in [3.05, 3.63) is 35.4 Å². The summed E-state index contributed by atoms with van der Waals surface area (Å²) in [6.07, 6.45) is -0.656. The third-order valence-electron chi connectivity index (χ3n) is 3.08. The molecule has 0 radical (unpaired) electrons.